The predicted molar refractivity (Wildman–Crippen MR) is 131 cm³/mol. The van der Waals surface area contributed by atoms with E-state index in [2.05, 4.69) is 32.6 Å². The lowest BCUT2D eigenvalue weighted by atomic mass is 9.63. The molecule has 0 bridgehead atoms. The van der Waals surface area contributed by atoms with Crippen molar-refractivity contribution in [2.45, 2.75) is 59.3 Å². The highest BCUT2D eigenvalue weighted by molar-refractivity contribution is 6.06. The van der Waals surface area contributed by atoms with Crippen LogP contribution >= 0.6 is 0 Å². The number of aliphatic carboxylic acids is 1. The highest BCUT2D eigenvalue weighted by atomic mass is 16.5. The Morgan fingerprint density at radius 1 is 0.943 bits per heavy atom. The molecule has 0 unspecified atom stereocenters. The third kappa shape index (κ3) is 5.06. The number of hydrogen-bond acceptors (Lipinski definition) is 6. The number of benzene rings is 1. The molecule has 1 heterocycles. The Balaban J connectivity index is 1.87. The van der Waals surface area contributed by atoms with Gasteiger partial charge in [-0.3, -0.25) is 9.59 Å². The van der Waals surface area contributed by atoms with Crippen LogP contribution in [0.2, 0.25) is 0 Å². The minimum atomic E-state index is -1.05. The standard InChI is InChI=1S/C28H35NO6/c1-27(2)12-19-25(21(30)14-27)24(17-6-8-18(9-7-17)35-16-23(32)33)26-20(29(19)10-11-34-5)13-28(3,4)15-22(26)31/h6-9,24H,10-16H2,1-5H3,(H,32,33). The Morgan fingerprint density at radius 2 is 1.46 bits per heavy atom. The molecule has 0 amide bonds. The number of carboxylic acid groups (broad SMARTS) is 1. The summed E-state index contributed by atoms with van der Waals surface area (Å²) in [5, 5.41) is 8.90. The molecule has 0 saturated carbocycles. The molecule has 1 aromatic rings. The van der Waals surface area contributed by atoms with Crippen LogP contribution in [0.4, 0.5) is 0 Å². The van der Waals surface area contributed by atoms with Crippen LogP contribution < -0.4 is 4.74 Å². The normalized spacial score (nSPS) is 21.7. The first-order valence-electron chi connectivity index (χ1n) is 12.2. The van der Waals surface area contributed by atoms with Gasteiger partial charge in [0.15, 0.2) is 18.2 Å². The number of methoxy groups -OCH3 is 1. The summed E-state index contributed by atoms with van der Waals surface area (Å²) in [6, 6.07) is 7.12. The van der Waals surface area contributed by atoms with Crippen LogP contribution in [0, 0.1) is 10.8 Å². The second kappa shape index (κ2) is 9.26. The molecule has 35 heavy (non-hydrogen) atoms. The first-order valence-corrected chi connectivity index (χ1v) is 12.2. The number of nitrogens with zero attached hydrogens (tertiary/aromatic N) is 1. The minimum absolute atomic E-state index is 0.0825. The summed E-state index contributed by atoms with van der Waals surface area (Å²) in [6.45, 7) is 9.13. The van der Waals surface area contributed by atoms with Gasteiger partial charge >= 0.3 is 5.97 Å². The largest absolute Gasteiger partial charge is 0.482 e. The number of hydrogen-bond donors (Lipinski definition) is 1. The van der Waals surface area contributed by atoms with Gasteiger partial charge in [0.2, 0.25) is 0 Å². The molecule has 0 radical (unpaired) electrons. The number of carboxylic acids is 1. The molecule has 2 aliphatic carbocycles. The molecule has 0 spiro atoms. The molecule has 188 valence electrons. The van der Waals surface area contributed by atoms with E-state index in [4.69, 9.17) is 14.6 Å². The minimum Gasteiger partial charge on any atom is -0.482 e. The number of carbonyl (C=O) groups is 3. The fraction of sp³-hybridized carbons (Fsp3) is 0.536. The van der Waals surface area contributed by atoms with Crippen molar-refractivity contribution < 1.29 is 29.0 Å². The second-order valence-corrected chi connectivity index (χ2v) is 11.4. The second-order valence-electron chi connectivity index (χ2n) is 11.4. The van der Waals surface area contributed by atoms with E-state index < -0.39 is 18.5 Å². The average Bonchev–Trinajstić information content (AvgIpc) is 2.74. The molecule has 7 heteroatoms. The van der Waals surface area contributed by atoms with E-state index in [1.165, 1.54) is 0 Å². The molecule has 1 N–H and O–H groups in total. The molecule has 0 atom stereocenters. The predicted octanol–water partition coefficient (Wildman–Crippen LogP) is 4.48. The molecule has 0 fully saturated rings. The van der Waals surface area contributed by atoms with Crippen molar-refractivity contribution in [1.82, 2.24) is 4.90 Å². The Kier molecular flexibility index (Phi) is 6.66. The van der Waals surface area contributed by atoms with Gasteiger partial charge in [0.25, 0.3) is 0 Å². The van der Waals surface area contributed by atoms with Crippen molar-refractivity contribution in [3.63, 3.8) is 0 Å². The average molecular weight is 482 g/mol. The van der Waals surface area contributed by atoms with Crippen LogP contribution in [-0.2, 0) is 19.1 Å². The van der Waals surface area contributed by atoms with E-state index >= 15 is 0 Å². The Morgan fingerprint density at radius 3 is 1.91 bits per heavy atom. The molecule has 3 aliphatic rings. The summed E-state index contributed by atoms with van der Waals surface area (Å²) in [7, 11) is 1.66. The van der Waals surface area contributed by atoms with Crippen molar-refractivity contribution in [3.05, 3.63) is 52.4 Å². The zero-order chi connectivity index (χ0) is 25.5. The van der Waals surface area contributed by atoms with Crippen LogP contribution in [0.5, 0.6) is 5.75 Å². The number of rotatable bonds is 7. The molecule has 1 aromatic carbocycles. The lowest BCUT2D eigenvalue weighted by molar-refractivity contribution is -0.139. The maximum Gasteiger partial charge on any atom is 0.341 e. The first-order chi connectivity index (χ1) is 16.4. The zero-order valence-corrected chi connectivity index (χ0v) is 21.3. The third-order valence-electron chi connectivity index (χ3n) is 7.12. The van der Waals surface area contributed by atoms with Gasteiger partial charge < -0.3 is 19.5 Å². The fourth-order valence-corrected chi connectivity index (χ4v) is 5.74. The summed E-state index contributed by atoms with van der Waals surface area (Å²) in [5.74, 6) is -0.880. The van der Waals surface area contributed by atoms with Gasteiger partial charge in [0.1, 0.15) is 5.75 Å². The summed E-state index contributed by atoms with van der Waals surface area (Å²) in [6.07, 6.45) is 2.37. The third-order valence-corrected chi connectivity index (χ3v) is 7.12. The van der Waals surface area contributed by atoms with Gasteiger partial charge in [-0.1, -0.05) is 39.8 Å². The lowest BCUT2D eigenvalue weighted by Gasteiger charge is -2.49. The Labute approximate surface area is 206 Å². The van der Waals surface area contributed by atoms with Crippen molar-refractivity contribution in [2.75, 3.05) is 26.9 Å². The van der Waals surface area contributed by atoms with Gasteiger partial charge in [-0.25, -0.2) is 4.79 Å². The highest BCUT2D eigenvalue weighted by Crippen LogP contribution is 2.54. The molecular weight excluding hydrogens is 446 g/mol. The monoisotopic (exact) mass is 481 g/mol. The van der Waals surface area contributed by atoms with E-state index in [9.17, 15) is 14.4 Å². The topological polar surface area (TPSA) is 93.1 Å². The molecule has 7 nitrogen and oxygen atoms in total. The van der Waals surface area contributed by atoms with Crippen LogP contribution in [0.15, 0.2) is 46.8 Å². The van der Waals surface area contributed by atoms with E-state index in [1.807, 2.05) is 12.1 Å². The quantitative estimate of drug-likeness (QED) is 0.614. The zero-order valence-electron chi connectivity index (χ0n) is 21.3. The van der Waals surface area contributed by atoms with E-state index in [0.29, 0.717) is 42.9 Å². The molecule has 0 aromatic heterocycles. The number of Topliss-reactive ketones (excluding diaryl/α,β-unsaturated/α-hetero) is 2. The Bertz CT molecular complexity index is 1050. The molecule has 1 aliphatic heterocycles. The first kappa shape index (κ1) is 25.2. The van der Waals surface area contributed by atoms with Gasteiger partial charge in [-0.2, -0.15) is 0 Å². The number of allylic oxidation sites excluding steroid dienone is 4. The van der Waals surface area contributed by atoms with E-state index in [0.717, 1.165) is 29.8 Å². The Hall–Kier alpha value is -2.93. The van der Waals surface area contributed by atoms with Gasteiger partial charge in [0, 0.05) is 55.0 Å². The van der Waals surface area contributed by atoms with Crippen LogP contribution in [0.25, 0.3) is 0 Å². The van der Waals surface area contributed by atoms with Gasteiger partial charge in [-0.15, -0.1) is 0 Å². The van der Waals surface area contributed by atoms with Crippen molar-refractivity contribution in [1.29, 1.82) is 0 Å². The fourth-order valence-electron chi connectivity index (χ4n) is 5.74. The molecule has 4 rings (SSSR count). The highest BCUT2D eigenvalue weighted by Gasteiger charge is 2.48. The van der Waals surface area contributed by atoms with Crippen molar-refractivity contribution in [2.24, 2.45) is 10.8 Å². The summed E-state index contributed by atoms with van der Waals surface area (Å²) in [4.78, 5) is 40.4. The maximum absolute atomic E-state index is 13.7. The SMILES string of the molecule is COCCN1C2=C(C(=O)CC(C)(C)C2)C(c2ccc(OCC(=O)O)cc2)C2=C1CC(C)(C)CC2=O. The van der Waals surface area contributed by atoms with Crippen molar-refractivity contribution in [3.8, 4) is 5.75 Å². The van der Waals surface area contributed by atoms with Crippen LogP contribution in [0.3, 0.4) is 0 Å². The van der Waals surface area contributed by atoms with Crippen LogP contribution in [0.1, 0.15) is 64.9 Å². The van der Waals surface area contributed by atoms with Crippen molar-refractivity contribution >= 4 is 17.5 Å². The van der Waals surface area contributed by atoms with Gasteiger partial charge in [-0.05, 0) is 41.4 Å². The van der Waals surface area contributed by atoms with E-state index in [-0.39, 0.29) is 22.4 Å². The number of ether oxygens (including phenoxy) is 2. The number of carbonyl (C=O) groups excluding carboxylic acids is 2. The number of ketones is 2. The maximum atomic E-state index is 13.7. The van der Waals surface area contributed by atoms with Crippen LogP contribution in [-0.4, -0.2) is 54.4 Å². The smallest absolute Gasteiger partial charge is 0.341 e. The lowest BCUT2D eigenvalue weighted by Crippen LogP contribution is -2.45. The molecule has 0 saturated heterocycles. The van der Waals surface area contributed by atoms with E-state index in [1.54, 1.807) is 19.2 Å². The van der Waals surface area contributed by atoms with Gasteiger partial charge in [0.05, 0.1) is 6.61 Å². The summed E-state index contributed by atoms with van der Waals surface area (Å²) >= 11 is 0. The summed E-state index contributed by atoms with van der Waals surface area (Å²) in [5.41, 5.74) is 3.93. The summed E-state index contributed by atoms with van der Waals surface area (Å²) < 4.78 is 10.7. The molecular formula is C28H35NO6.